The highest BCUT2D eigenvalue weighted by Gasteiger charge is 2.40. The summed E-state index contributed by atoms with van der Waals surface area (Å²) >= 11 is 11.7. The fourth-order valence-corrected chi connectivity index (χ4v) is 4.80. The van der Waals surface area contributed by atoms with Crippen molar-refractivity contribution in [2.45, 2.75) is 43.0 Å². The van der Waals surface area contributed by atoms with Crippen LogP contribution in [0.15, 0.2) is 23.1 Å². The number of halogens is 2. The highest BCUT2D eigenvalue weighted by molar-refractivity contribution is 7.89. The molecule has 0 saturated heterocycles. The average Bonchev–Trinajstić information content (AvgIpc) is 2.44. The second-order valence-electron chi connectivity index (χ2n) is 5.69. The third-order valence-corrected chi connectivity index (χ3v) is 6.65. The fraction of sp³-hybridized carbons (Fsp3) is 0.571. The summed E-state index contributed by atoms with van der Waals surface area (Å²) in [7, 11) is -3.68. The molecule has 1 aromatic rings. The maximum atomic E-state index is 12.6. The second kappa shape index (κ2) is 6.42. The Hall–Kier alpha value is -0.330. The Kier molecular flexibility index (Phi) is 5.21. The molecular weight excluding hydrogens is 331 g/mol. The third-order valence-electron chi connectivity index (χ3n) is 4.36. The maximum absolute atomic E-state index is 12.6. The lowest BCUT2D eigenvalue weighted by Gasteiger charge is -2.42. The summed E-state index contributed by atoms with van der Waals surface area (Å²) in [6.45, 7) is 2.33. The molecule has 2 rings (SSSR count). The molecule has 1 saturated carbocycles. The van der Waals surface area contributed by atoms with E-state index < -0.39 is 15.6 Å². The van der Waals surface area contributed by atoms with Gasteiger partial charge < -0.3 is 5.73 Å². The molecule has 0 aromatic heterocycles. The van der Waals surface area contributed by atoms with Gasteiger partial charge in [-0.1, -0.05) is 43.0 Å². The third kappa shape index (κ3) is 3.54. The van der Waals surface area contributed by atoms with Crippen LogP contribution in [0.3, 0.4) is 0 Å². The monoisotopic (exact) mass is 350 g/mol. The molecule has 0 heterocycles. The Morgan fingerprint density at radius 3 is 2.62 bits per heavy atom. The molecule has 0 bridgehead atoms. The van der Waals surface area contributed by atoms with Crippen molar-refractivity contribution in [3.63, 3.8) is 0 Å². The van der Waals surface area contributed by atoms with Crippen molar-refractivity contribution in [1.82, 2.24) is 4.72 Å². The van der Waals surface area contributed by atoms with E-state index in [0.717, 1.165) is 25.7 Å². The van der Waals surface area contributed by atoms with Gasteiger partial charge in [0.15, 0.2) is 0 Å². The second-order valence-corrected chi connectivity index (χ2v) is 8.19. The molecule has 21 heavy (non-hydrogen) atoms. The molecule has 0 radical (unpaired) electrons. The van der Waals surface area contributed by atoms with Crippen LogP contribution < -0.4 is 10.5 Å². The molecule has 0 amide bonds. The number of rotatable bonds is 4. The average molecular weight is 351 g/mol. The van der Waals surface area contributed by atoms with E-state index >= 15 is 0 Å². The highest BCUT2D eigenvalue weighted by Crippen LogP contribution is 2.34. The molecule has 1 fully saturated rings. The van der Waals surface area contributed by atoms with E-state index in [1.54, 1.807) is 0 Å². The number of benzene rings is 1. The predicted octanol–water partition coefficient (Wildman–Crippen LogP) is 3.18. The number of nitrogens with two attached hydrogens (primary N) is 1. The molecule has 3 N–H and O–H groups in total. The van der Waals surface area contributed by atoms with Crippen LogP contribution in [0.1, 0.15) is 32.6 Å². The van der Waals surface area contributed by atoms with Crippen molar-refractivity contribution in [1.29, 1.82) is 0 Å². The van der Waals surface area contributed by atoms with Gasteiger partial charge in [0.25, 0.3) is 0 Å². The van der Waals surface area contributed by atoms with Crippen molar-refractivity contribution in [3.8, 4) is 0 Å². The van der Waals surface area contributed by atoms with E-state index in [2.05, 4.69) is 4.72 Å². The molecule has 0 aliphatic heterocycles. The van der Waals surface area contributed by atoms with E-state index in [1.165, 1.54) is 18.2 Å². The number of nitrogens with one attached hydrogen (secondary N) is 1. The highest BCUT2D eigenvalue weighted by atomic mass is 35.5. The minimum atomic E-state index is -3.68. The zero-order chi connectivity index (χ0) is 15.7. The summed E-state index contributed by atoms with van der Waals surface area (Å²) in [6.07, 6.45) is 3.81. The molecule has 7 heteroatoms. The molecule has 118 valence electrons. The Balaban J connectivity index is 2.32. The van der Waals surface area contributed by atoms with Gasteiger partial charge in [-0.2, -0.15) is 0 Å². The Morgan fingerprint density at radius 2 is 2.05 bits per heavy atom. The number of hydrogen-bond donors (Lipinski definition) is 2. The van der Waals surface area contributed by atoms with Gasteiger partial charge in [0, 0.05) is 12.1 Å². The quantitative estimate of drug-likeness (QED) is 0.875. The molecule has 2 unspecified atom stereocenters. The summed E-state index contributed by atoms with van der Waals surface area (Å²) in [6, 6.07) is 4.30. The molecule has 1 aliphatic rings. The normalized spacial score (nSPS) is 26.8. The van der Waals surface area contributed by atoms with Crippen LogP contribution in [-0.2, 0) is 10.0 Å². The van der Waals surface area contributed by atoms with Crippen LogP contribution in [-0.4, -0.2) is 20.5 Å². The Bertz CT molecular complexity index is 621. The van der Waals surface area contributed by atoms with Crippen molar-refractivity contribution in [2.75, 3.05) is 6.54 Å². The van der Waals surface area contributed by atoms with Crippen LogP contribution in [0.25, 0.3) is 0 Å². The minimum Gasteiger partial charge on any atom is -0.329 e. The summed E-state index contributed by atoms with van der Waals surface area (Å²) in [5.41, 5.74) is 5.31. The molecule has 1 aliphatic carbocycles. The minimum absolute atomic E-state index is 0.113. The fourth-order valence-electron chi connectivity index (χ4n) is 2.88. The number of hydrogen-bond acceptors (Lipinski definition) is 3. The summed E-state index contributed by atoms with van der Waals surface area (Å²) in [5, 5.41) is 0.549. The van der Waals surface area contributed by atoms with Gasteiger partial charge in [-0.15, -0.1) is 0 Å². The zero-order valence-corrected chi connectivity index (χ0v) is 14.2. The first-order valence-corrected chi connectivity index (χ1v) is 9.24. The molecular formula is C14H20Cl2N2O2S. The first-order chi connectivity index (χ1) is 9.81. The zero-order valence-electron chi connectivity index (χ0n) is 11.9. The van der Waals surface area contributed by atoms with Crippen LogP contribution >= 0.6 is 23.2 Å². The molecule has 4 nitrogen and oxygen atoms in total. The molecule has 2 atom stereocenters. The standard InChI is InChI=1S/C14H20Cl2N2O2S/c1-10-4-2-3-7-14(10,9-17)18-21(19,20)11-5-6-12(15)13(16)8-11/h5-6,8,10,18H,2-4,7,9,17H2,1H3. The summed E-state index contributed by atoms with van der Waals surface area (Å²) in [5.74, 6) is 0.203. The van der Waals surface area contributed by atoms with Crippen LogP contribution in [0.4, 0.5) is 0 Å². The molecule has 1 aromatic carbocycles. The van der Waals surface area contributed by atoms with Gasteiger partial charge in [-0.25, -0.2) is 13.1 Å². The van der Waals surface area contributed by atoms with Crippen molar-refractivity contribution < 1.29 is 8.42 Å². The van der Waals surface area contributed by atoms with Crippen molar-refractivity contribution in [3.05, 3.63) is 28.2 Å². The first-order valence-electron chi connectivity index (χ1n) is 7.00. The Labute approximate surface area is 136 Å². The summed E-state index contributed by atoms with van der Waals surface area (Å²) < 4.78 is 28.0. The van der Waals surface area contributed by atoms with Crippen molar-refractivity contribution >= 4 is 33.2 Å². The van der Waals surface area contributed by atoms with E-state index in [0.29, 0.717) is 5.02 Å². The SMILES string of the molecule is CC1CCCCC1(CN)NS(=O)(=O)c1ccc(Cl)c(Cl)c1. The summed E-state index contributed by atoms with van der Waals surface area (Å²) in [4.78, 5) is 0.113. The van der Waals surface area contributed by atoms with Gasteiger partial charge >= 0.3 is 0 Å². The van der Waals surface area contributed by atoms with E-state index in [4.69, 9.17) is 28.9 Å². The van der Waals surface area contributed by atoms with E-state index in [1.807, 2.05) is 6.92 Å². The predicted molar refractivity (Wildman–Crippen MR) is 86.2 cm³/mol. The van der Waals surface area contributed by atoms with Gasteiger partial charge in [-0.3, -0.25) is 0 Å². The molecule has 0 spiro atoms. The van der Waals surface area contributed by atoms with Gasteiger partial charge in [0.2, 0.25) is 10.0 Å². The lowest BCUT2D eigenvalue weighted by Crippen LogP contribution is -2.58. The van der Waals surface area contributed by atoms with Crippen LogP contribution in [0.5, 0.6) is 0 Å². The lowest BCUT2D eigenvalue weighted by molar-refractivity contribution is 0.191. The van der Waals surface area contributed by atoms with E-state index in [-0.39, 0.29) is 22.4 Å². The van der Waals surface area contributed by atoms with Gasteiger partial charge in [-0.05, 0) is 37.0 Å². The lowest BCUT2D eigenvalue weighted by atomic mass is 9.74. The van der Waals surface area contributed by atoms with Gasteiger partial charge in [0.05, 0.1) is 14.9 Å². The first kappa shape index (κ1) is 17.0. The Morgan fingerprint density at radius 1 is 1.33 bits per heavy atom. The van der Waals surface area contributed by atoms with Crippen LogP contribution in [0.2, 0.25) is 10.0 Å². The largest absolute Gasteiger partial charge is 0.329 e. The smallest absolute Gasteiger partial charge is 0.241 e. The van der Waals surface area contributed by atoms with Crippen LogP contribution in [0, 0.1) is 5.92 Å². The van der Waals surface area contributed by atoms with Crippen molar-refractivity contribution in [2.24, 2.45) is 11.7 Å². The topological polar surface area (TPSA) is 72.2 Å². The van der Waals surface area contributed by atoms with E-state index in [9.17, 15) is 8.42 Å². The maximum Gasteiger partial charge on any atom is 0.241 e. The van der Waals surface area contributed by atoms with Gasteiger partial charge in [0.1, 0.15) is 0 Å². The number of sulfonamides is 1.